The molecule has 0 aliphatic carbocycles. The second kappa shape index (κ2) is 9.62. The lowest BCUT2D eigenvalue weighted by Crippen LogP contribution is -2.29. The van der Waals surface area contributed by atoms with Crippen LogP contribution in [0.25, 0.3) is 5.76 Å². The van der Waals surface area contributed by atoms with Crippen molar-refractivity contribution in [1.82, 2.24) is 0 Å². The van der Waals surface area contributed by atoms with E-state index in [0.717, 1.165) is 5.56 Å². The summed E-state index contributed by atoms with van der Waals surface area (Å²) in [5.41, 5.74) is 1.40. The monoisotopic (exact) mass is 475 g/mol. The van der Waals surface area contributed by atoms with Crippen LogP contribution in [0.15, 0.2) is 72.3 Å². The summed E-state index contributed by atoms with van der Waals surface area (Å²) in [4.78, 5) is 27.8. The number of aliphatic hydroxyl groups excluding tert-OH is 1. The number of hydrogen-bond acceptors (Lipinski definition) is 5. The molecule has 180 valence electrons. The number of methoxy groups -OCH3 is 2. The Balaban J connectivity index is 1.97. The zero-order chi connectivity index (χ0) is 25.3. The Morgan fingerprint density at radius 2 is 1.71 bits per heavy atom. The number of nitrogens with zero attached hydrogens (tertiary/aromatic N) is 1. The summed E-state index contributed by atoms with van der Waals surface area (Å²) in [7, 11) is 3.04. The summed E-state index contributed by atoms with van der Waals surface area (Å²) < 4.78 is 25.7. The van der Waals surface area contributed by atoms with Crippen molar-refractivity contribution in [2.45, 2.75) is 25.8 Å². The summed E-state index contributed by atoms with van der Waals surface area (Å²) in [5.74, 6) is -1.58. The van der Waals surface area contributed by atoms with Crippen LogP contribution < -0.4 is 14.4 Å². The minimum Gasteiger partial charge on any atom is -0.507 e. The Hall–Kier alpha value is -4.13. The van der Waals surface area contributed by atoms with Gasteiger partial charge in [0.2, 0.25) is 0 Å². The molecule has 0 radical (unpaired) electrons. The molecule has 1 heterocycles. The molecule has 1 fully saturated rings. The molecule has 0 spiro atoms. The predicted molar refractivity (Wildman–Crippen MR) is 131 cm³/mol. The molecule has 0 bridgehead atoms. The zero-order valence-electron chi connectivity index (χ0n) is 19.9. The molecular weight excluding hydrogens is 449 g/mol. The molecule has 1 saturated heterocycles. The Kier molecular flexibility index (Phi) is 6.60. The van der Waals surface area contributed by atoms with Gasteiger partial charge in [0.25, 0.3) is 11.7 Å². The van der Waals surface area contributed by atoms with E-state index in [4.69, 9.17) is 9.47 Å². The van der Waals surface area contributed by atoms with Crippen molar-refractivity contribution < 1.29 is 28.6 Å². The van der Waals surface area contributed by atoms with E-state index in [1.54, 1.807) is 55.6 Å². The number of benzene rings is 3. The highest BCUT2D eigenvalue weighted by molar-refractivity contribution is 6.51. The number of hydrogen-bond donors (Lipinski definition) is 1. The fourth-order valence-corrected chi connectivity index (χ4v) is 4.34. The first-order chi connectivity index (χ1) is 16.8. The van der Waals surface area contributed by atoms with Crippen LogP contribution in [0.2, 0.25) is 0 Å². The number of amides is 1. The van der Waals surface area contributed by atoms with Crippen molar-refractivity contribution in [3.05, 3.63) is 94.8 Å². The normalized spacial score (nSPS) is 17.2. The van der Waals surface area contributed by atoms with Crippen LogP contribution in [-0.4, -0.2) is 31.0 Å². The van der Waals surface area contributed by atoms with Crippen molar-refractivity contribution in [2.24, 2.45) is 0 Å². The molecule has 7 heteroatoms. The van der Waals surface area contributed by atoms with Gasteiger partial charge in [0.15, 0.2) is 0 Å². The van der Waals surface area contributed by atoms with Gasteiger partial charge in [-0.1, -0.05) is 38.1 Å². The second-order valence-corrected chi connectivity index (χ2v) is 8.50. The lowest BCUT2D eigenvalue weighted by atomic mass is 9.93. The average Bonchev–Trinajstić information content (AvgIpc) is 3.13. The van der Waals surface area contributed by atoms with Crippen LogP contribution in [-0.2, 0) is 9.59 Å². The van der Waals surface area contributed by atoms with Crippen molar-refractivity contribution in [3.63, 3.8) is 0 Å². The first-order valence-corrected chi connectivity index (χ1v) is 11.2. The van der Waals surface area contributed by atoms with E-state index in [0.29, 0.717) is 22.7 Å². The quantitative estimate of drug-likeness (QED) is 0.286. The summed E-state index contributed by atoms with van der Waals surface area (Å²) in [6, 6.07) is 16.3. The molecule has 3 aromatic carbocycles. The average molecular weight is 476 g/mol. The van der Waals surface area contributed by atoms with Gasteiger partial charge in [-0.25, -0.2) is 4.39 Å². The highest BCUT2D eigenvalue weighted by Crippen LogP contribution is 2.44. The number of Topliss-reactive ketones (excluding diaryl/α,β-unsaturated/α-hetero) is 1. The highest BCUT2D eigenvalue weighted by atomic mass is 19.1. The number of aliphatic hydroxyl groups is 1. The summed E-state index contributed by atoms with van der Waals surface area (Å²) in [5, 5.41) is 11.4. The highest BCUT2D eigenvalue weighted by Gasteiger charge is 2.48. The Labute approximate surface area is 203 Å². The summed E-state index contributed by atoms with van der Waals surface area (Å²) in [6.07, 6.45) is 0. The van der Waals surface area contributed by atoms with E-state index in [1.807, 2.05) is 13.8 Å². The minimum atomic E-state index is -1.17. The molecule has 1 aliphatic heterocycles. The van der Waals surface area contributed by atoms with Gasteiger partial charge in [-0.05, 0) is 47.9 Å². The first-order valence-electron chi connectivity index (χ1n) is 11.2. The number of halogens is 1. The van der Waals surface area contributed by atoms with Crippen molar-refractivity contribution in [3.8, 4) is 11.5 Å². The van der Waals surface area contributed by atoms with Crippen molar-refractivity contribution in [2.75, 3.05) is 19.1 Å². The van der Waals surface area contributed by atoms with Gasteiger partial charge in [-0.2, -0.15) is 0 Å². The lowest BCUT2D eigenvalue weighted by molar-refractivity contribution is -0.132. The van der Waals surface area contributed by atoms with E-state index in [2.05, 4.69) is 0 Å². The standard InChI is InChI=1S/C28H26FNO5/c1-16(2)21-14-17(12-13-23(21)35-4)26(31)24-25(20-10-5-6-11-22(20)29)30(28(33)27(24)32)18-8-7-9-19(15-18)34-3/h5-16,25,31H,1-4H3/b26-24+. The molecule has 1 atom stereocenters. The molecule has 3 aromatic rings. The van der Waals surface area contributed by atoms with Crippen LogP contribution in [0.1, 0.15) is 42.5 Å². The summed E-state index contributed by atoms with van der Waals surface area (Å²) >= 11 is 0. The van der Waals surface area contributed by atoms with Gasteiger partial charge in [-0.3, -0.25) is 14.5 Å². The fourth-order valence-electron chi connectivity index (χ4n) is 4.34. The number of ether oxygens (including phenoxy) is 2. The number of rotatable bonds is 6. The molecule has 0 aromatic heterocycles. The number of anilines is 1. The maximum atomic E-state index is 15.0. The smallest absolute Gasteiger partial charge is 0.300 e. The van der Waals surface area contributed by atoms with Gasteiger partial charge in [0.05, 0.1) is 25.8 Å². The second-order valence-electron chi connectivity index (χ2n) is 8.50. The Bertz CT molecular complexity index is 1330. The number of ketones is 1. The van der Waals surface area contributed by atoms with Crippen molar-refractivity contribution >= 4 is 23.1 Å². The number of carbonyl (C=O) groups is 2. The third kappa shape index (κ3) is 4.25. The van der Waals surface area contributed by atoms with E-state index >= 15 is 4.39 Å². The molecule has 6 nitrogen and oxygen atoms in total. The van der Waals surface area contributed by atoms with Crippen molar-refractivity contribution in [1.29, 1.82) is 0 Å². The zero-order valence-corrected chi connectivity index (χ0v) is 19.9. The van der Waals surface area contributed by atoms with Gasteiger partial charge in [-0.15, -0.1) is 0 Å². The largest absolute Gasteiger partial charge is 0.507 e. The topological polar surface area (TPSA) is 76.1 Å². The van der Waals surface area contributed by atoms with Crippen LogP contribution in [0.4, 0.5) is 10.1 Å². The van der Waals surface area contributed by atoms with Gasteiger partial charge in [0, 0.05) is 22.9 Å². The van der Waals surface area contributed by atoms with Gasteiger partial charge >= 0.3 is 0 Å². The van der Waals surface area contributed by atoms with Crippen LogP contribution in [0, 0.1) is 5.82 Å². The van der Waals surface area contributed by atoms with E-state index in [-0.39, 0.29) is 22.8 Å². The predicted octanol–water partition coefficient (Wildman–Crippen LogP) is 5.59. The third-order valence-corrected chi connectivity index (χ3v) is 6.10. The maximum absolute atomic E-state index is 15.0. The number of carbonyl (C=O) groups excluding carboxylic acids is 2. The fraction of sp³-hybridized carbons (Fsp3) is 0.214. The molecular formula is C28H26FNO5. The molecule has 4 rings (SSSR count). The van der Waals surface area contributed by atoms with Gasteiger partial charge < -0.3 is 14.6 Å². The van der Waals surface area contributed by atoms with E-state index in [1.165, 1.54) is 30.2 Å². The Morgan fingerprint density at radius 3 is 2.37 bits per heavy atom. The third-order valence-electron chi connectivity index (χ3n) is 6.10. The molecule has 35 heavy (non-hydrogen) atoms. The van der Waals surface area contributed by atoms with E-state index < -0.39 is 23.5 Å². The molecule has 1 amide bonds. The van der Waals surface area contributed by atoms with Crippen LogP contribution >= 0.6 is 0 Å². The SMILES string of the molecule is COc1cccc(N2C(=O)C(=O)/C(=C(/O)c3ccc(OC)c(C(C)C)c3)C2c2ccccc2F)c1. The molecule has 1 aliphatic rings. The first kappa shape index (κ1) is 24.0. The maximum Gasteiger partial charge on any atom is 0.300 e. The molecule has 0 saturated carbocycles. The molecule has 1 N–H and O–H groups in total. The van der Waals surface area contributed by atoms with E-state index in [9.17, 15) is 14.7 Å². The van der Waals surface area contributed by atoms with Crippen LogP contribution in [0.3, 0.4) is 0 Å². The lowest BCUT2D eigenvalue weighted by Gasteiger charge is -2.26. The molecule has 1 unspecified atom stereocenters. The Morgan fingerprint density at radius 1 is 0.971 bits per heavy atom. The van der Waals surface area contributed by atoms with Crippen LogP contribution in [0.5, 0.6) is 11.5 Å². The summed E-state index contributed by atoms with van der Waals surface area (Å²) in [6.45, 7) is 3.95. The minimum absolute atomic E-state index is 0.0688. The van der Waals surface area contributed by atoms with Gasteiger partial charge in [0.1, 0.15) is 23.1 Å².